The largest absolute Gasteiger partial charge is 1.00 e. The van der Waals surface area contributed by atoms with Gasteiger partial charge in [-0.1, -0.05) is 44.5 Å². The van der Waals surface area contributed by atoms with E-state index in [4.69, 9.17) is 73.4 Å². The fourth-order valence-electron chi connectivity index (χ4n) is 5.92. The number of nitrogens with two attached hydrogens (primary N) is 4. The zero-order valence-corrected chi connectivity index (χ0v) is 55.0. The third-order valence-corrected chi connectivity index (χ3v) is 15.5. The van der Waals surface area contributed by atoms with Crippen LogP contribution in [0.3, 0.4) is 0 Å². The number of aromatic carboxylic acids is 1. The number of H-pyrrole nitrogens is 2. The van der Waals surface area contributed by atoms with Crippen LogP contribution >= 0.6 is 92.8 Å². The molecule has 0 unspecified atom stereocenters. The number of carboxylic acids is 1. The SMILES string of the molecule is C.CCc1cnc2sc(C(=O)O)c(N)c2n1.CCc1cnc2sc(C(=O)OC)c(N)c2n1.COC(=O)CS.COC(=O)c1sc2[nH]cc[n+](=O)c2c1N.COC(=O)c1sc2ncc(Cl)nc2c1N.N#Cc1[nH]cc[n+](=O)c1Cl.N#Cc1nccnc1Cl.[Na+].[OH-]. The van der Waals surface area contributed by atoms with Crippen LogP contribution < -0.4 is 61.3 Å². The second-order valence-corrected chi connectivity index (χ2v) is 20.7. The number of carboxylic acid groups (broad SMARTS) is 1. The summed E-state index contributed by atoms with van der Waals surface area (Å²) in [4.78, 5) is 118. The number of methoxy groups -OCH3 is 4. The minimum atomic E-state index is -1.03. The van der Waals surface area contributed by atoms with Gasteiger partial charge in [-0.15, -0.1) is 45.3 Å². The van der Waals surface area contributed by atoms with E-state index in [-0.39, 0.29) is 113 Å². The van der Waals surface area contributed by atoms with Gasteiger partial charge in [0.15, 0.2) is 15.7 Å². The number of thiol groups is 1. The molecule has 0 aliphatic heterocycles. The predicted octanol–water partition coefficient (Wildman–Crippen LogP) is 4.39. The van der Waals surface area contributed by atoms with Crippen molar-refractivity contribution in [2.24, 2.45) is 0 Å². The molecule has 0 aromatic carbocycles. The Morgan fingerprint density at radius 2 is 1.08 bits per heavy atom. The van der Waals surface area contributed by atoms with E-state index in [1.165, 1.54) is 83.2 Å². The molecule has 40 heteroatoms. The Kier molecular flexibility index (Phi) is 33.7. The Morgan fingerprint density at radius 3 is 1.47 bits per heavy atom. The van der Waals surface area contributed by atoms with Crippen molar-refractivity contribution in [2.45, 2.75) is 34.1 Å². The number of nitrogens with zero attached hydrogens (tertiary/aromatic N) is 12. The maximum absolute atomic E-state index is 11.4. The molecule has 0 amide bonds. The molecule has 0 spiro atoms. The van der Waals surface area contributed by atoms with Crippen molar-refractivity contribution < 1.29 is 91.9 Å². The number of nitriles is 2. The zero-order valence-electron chi connectivity index (χ0n) is 46.6. The van der Waals surface area contributed by atoms with Crippen LogP contribution in [0, 0.1) is 32.5 Å². The first-order valence-electron chi connectivity index (χ1n) is 23.3. The van der Waals surface area contributed by atoms with E-state index in [1.54, 1.807) is 24.5 Å². The number of carbonyl (C=O) groups is 5. The number of esters is 4. The molecule has 31 nitrogen and oxygen atoms in total. The van der Waals surface area contributed by atoms with Crippen LogP contribution in [0.15, 0.2) is 55.8 Å². The average molecular weight is 1390 g/mol. The van der Waals surface area contributed by atoms with Crippen LogP contribution in [0.4, 0.5) is 22.7 Å². The zero-order chi connectivity index (χ0) is 63.9. The second-order valence-electron chi connectivity index (χ2n) is 15.3. The molecule has 89 heavy (non-hydrogen) atoms. The molecule has 0 aliphatic carbocycles. The molecule has 10 aromatic rings. The van der Waals surface area contributed by atoms with E-state index in [1.807, 2.05) is 13.8 Å². The van der Waals surface area contributed by atoms with Crippen LogP contribution in [-0.4, -0.2) is 124 Å². The van der Waals surface area contributed by atoms with Gasteiger partial charge < -0.3 is 62.4 Å². The summed E-state index contributed by atoms with van der Waals surface area (Å²) >= 11 is 24.6. The molecule has 0 aliphatic rings. The van der Waals surface area contributed by atoms with Gasteiger partial charge in [0.2, 0.25) is 18.1 Å². The van der Waals surface area contributed by atoms with Crippen LogP contribution in [0.5, 0.6) is 0 Å². The first-order valence-corrected chi connectivity index (χ1v) is 28.3. The Hall–Kier alpha value is -8.37. The number of ether oxygens (including phenoxy) is 4. The van der Waals surface area contributed by atoms with E-state index in [2.05, 4.69) is 81.4 Å². The van der Waals surface area contributed by atoms with E-state index in [0.717, 1.165) is 58.2 Å². The van der Waals surface area contributed by atoms with Gasteiger partial charge in [0.1, 0.15) is 73.5 Å². The standard InChI is InChI=1S/C10H11N3O2S.C9H9N3O2S.C8H6ClN3O2S.C8H7N3O3S.C5H3ClN3O.C5H2ClN3.C3H6O2S.CH4.Na.H2O/c1-3-5-4-12-9-7(13-5)6(11)8(16-9)10(14)15-2;1-2-4-3-11-8-6(12-4)5(10)7(15-8)9(13)14;1-14-8(13)6-4(10)5-7(15-6)11-2-3(9)12-5;1-14-8(12)6-4(9)5-7(15-6)10-2-3-11(5)13;6-5-4(3-7)8-1-2-9(5)10;6-5-4(3-7)8-1-2-9-5;1-5-3(4)2-6;;;/h4H,3,11H2,1-2H3;3H,2,10H2,1H3,(H,13,14);2H,10H2,1H3;2-3H,1H3,(H2-,9,10,12,13);1-2H,(H,8,10);1-2H;6H,2H2,1H3;1H4;;1H2/q;;;;+1;;;;+1;. The van der Waals surface area contributed by atoms with Crippen molar-refractivity contribution in [3.63, 3.8) is 0 Å². The molecular formula is C49H50Cl3N18NaO13S5+2. The number of aromatic nitrogens is 12. The molecule has 10 aromatic heterocycles. The van der Waals surface area contributed by atoms with Gasteiger partial charge in [-0.05, 0) is 24.4 Å². The van der Waals surface area contributed by atoms with Crippen LogP contribution in [-0.2, 0) is 36.6 Å². The van der Waals surface area contributed by atoms with Crippen LogP contribution in [0.2, 0.25) is 15.5 Å². The monoisotopic (exact) mass is 1390 g/mol. The van der Waals surface area contributed by atoms with Gasteiger partial charge in [0.25, 0.3) is 0 Å². The predicted molar refractivity (Wildman–Crippen MR) is 334 cm³/mol. The summed E-state index contributed by atoms with van der Waals surface area (Å²) < 4.78 is 19.0. The van der Waals surface area contributed by atoms with Gasteiger partial charge in [-0.25, -0.2) is 59.0 Å². The molecule has 0 atom stereocenters. The Balaban J connectivity index is 0.000000525. The van der Waals surface area contributed by atoms with Crippen molar-refractivity contribution >= 4 is 187 Å². The van der Waals surface area contributed by atoms with Gasteiger partial charge in [0.05, 0.1) is 102 Å². The number of aryl methyl sites for hydroxylation is 2. The summed E-state index contributed by atoms with van der Waals surface area (Å²) in [7, 11) is 5.21. The second kappa shape index (κ2) is 38.1. The maximum atomic E-state index is 11.4. The summed E-state index contributed by atoms with van der Waals surface area (Å²) in [6.07, 6.45) is 14.4. The number of anilines is 4. The van der Waals surface area contributed by atoms with E-state index >= 15 is 0 Å². The number of carbonyl (C=O) groups excluding carboxylic acids is 4. The van der Waals surface area contributed by atoms with Crippen molar-refractivity contribution in [3.05, 3.63) is 123 Å². The molecule has 0 bridgehead atoms. The molecule has 0 saturated carbocycles. The van der Waals surface area contributed by atoms with Crippen molar-refractivity contribution in [2.75, 3.05) is 57.1 Å². The first-order chi connectivity index (χ1) is 41.0. The number of nitrogen functional groups attached to an aromatic ring is 4. The summed E-state index contributed by atoms with van der Waals surface area (Å²) in [5, 5.41) is 25.7. The molecule has 0 fully saturated rings. The van der Waals surface area contributed by atoms with Crippen LogP contribution in [0.1, 0.15) is 82.7 Å². The van der Waals surface area contributed by atoms with E-state index in [0.29, 0.717) is 60.2 Å². The third kappa shape index (κ3) is 20.9. The molecule has 10 heterocycles. The summed E-state index contributed by atoms with van der Waals surface area (Å²) in [6, 6.07) is 3.52. The Labute approximate surface area is 561 Å². The van der Waals surface area contributed by atoms with Gasteiger partial charge in [0, 0.05) is 22.2 Å². The van der Waals surface area contributed by atoms with Gasteiger partial charge in [-0.2, -0.15) is 23.2 Å². The molecule has 0 saturated heterocycles. The van der Waals surface area contributed by atoms with E-state index in [9.17, 15) is 33.8 Å². The number of halogens is 3. The number of hydrogen-bond donors (Lipinski definition) is 8. The molecule has 464 valence electrons. The van der Waals surface area contributed by atoms with Crippen molar-refractivity contribution in [3.8, 4) is 12.1 Å². The smallest absolute Gasteiger partial charge is 0.870 e. The quantitative estimate of drug-likeness (QED) is 0.0360. The topological polar surface area (TPSA) is 505 Å². The van der Waals surface area contributed by atoms with Crippen molar-refractivity contribution in [1.82, 2.24) is 49.8 Å². The molecule has 0 radical (unpaired) electrons. The number of thiophene rings is 4. The molecule has 10 rings (SSSR count). The Morgan fingerprint density at radius 1 is 0.640 bits per heavy atom. The van der Waals surface area contributed by atoms with Crippen LogP contribution in [0.25, 0.3) is 41.4 Å². The fraction of sp³-hybridized carbons (Fsp3) is 0.204. The molecule has 12 N–H and O–H groups in total. The number of fused-ring (bicyclic) bond motifs is 4. The van der Waals surface area contributed by atoms with Crippen molar-refractivity contribution in [1.29, 1.82) is 10.5 Å². The summed E-state index contributed by atoms with van der Waals surface area (Å²) in [5.41, 5.74) is 27.6. The normalized spacial score (nSPS) is 9.62. The average Bonchev–Trinajstić information content (AvgIpc) is 2.05. The third-order valence-electron chi connectivity index (χ3n) is 10.0. The summed E-state index contributed by atoms with van der Waals surface area (Å²) in [6.45, 7) is 3.94. The minimum absolute atomic E-state index is 0. The Bertz CT molecular complexity index is 4320. The first kappa shape index (κ1) is 78.6. The van der Waals surface area contributed by atoms with Gasteiger partial charge >= 0.3 is 70.1 Å². The number of aromatic amines is 2. The summed E-state index contributed by atoms with van der Waals surface area (Å²) in [5.74, 6) is -2.64. The fourth-order valence-corrected chi connectivity index (χ4v) is 10.2. The van der Waals surface area contributed by atoms with E-state index < -0.39 is 23.9 Å². The molecular weight excluding hydrogens is 1340 g/mol. The minimum Gasteiger partial charge on any atom is -0.870 e. The maximum Gasteiger partial charge on any atom is 1.00 e. The number of hydrogen-bond acceptors (Lipinski definition) is 31. The number of nitrogens with one attached hydrogen (secondary N) is 2. The van der Waals surface area contributed by atoms with Gasteiger partial charge in [-0.3, -0.25) is 4.79 Å². The number of rotatable bonds is 7.